The maximum Gasteiger partial charge on any atom is 0.258 e. The Labute approximate surface area is 159 Å². The van der Waals surface area contributed by atoms with Gasteiger partial charge in [-0.05, 0) is 36.8 Å². The molecule has 1 aromatic rings. The molecule has 5 aliphatic rings. The van der Waals surface area contributed by atoms with Gasteiger partial charge < -0.3 is 19.7 Å². The summed E-state index contributed by atoms with van der Waals surface area (Å²) in [6.45, 7) is 4.81. The van der Waals surface area contributed by atoms with Gasteiger partial charge in [0.1, 0.15) is 5.75 Å². The fraction of sp³-hybridized carbons (Fsp3) is 0.619. The van der Waals surface area contributed by atoms with Gasteiger partial charge in [-0.1, -0.05) is 19.1 Å². The normalized spacial score (nSPS) is 37.5. The van der Waals surface area contributed by atoms with Crippen molar-refractivity contribution in [2.45, 2.75) is 38.3 Å². The summed E-state index contributed by atoms with van der Waals surface area (Å²) in [6.07, 6.45) is 3.44. The summed E-state index contributed by atoms with van der Waals surface area (Å²) in [7, 11) is 0. The van der Waals surface area contributed by atoms with Gasteiger partial charge in [0.2, 0.25) is 5.91 Å². The van der Waals surface area contributed by atoms with Crippen LogP contribution in [0, 0.1) is 17.3 Å². The molecule has 2 bridgehead atoms. The molecule has 2 amide bonds. The molecule has 3 aliphatic carbocycles. The fourth-order valence-corrected chi connectivity index (χ4v) is 5.64. The van der Waals surface area contributed by atoms with Gasteiger partial charge in [0.15, 0.2) is 5.72 Å². The molecule has 4 atom stereocenters. The zero-order chi connectivity index (χ0) is 18.6. The van der Waals surface area contributed by atoms with Crippen molar-refractivity contribution in [1.29, 1.82) is 0 Å². The lowest BCUT2D eigenvalue weighted by molar-refractivity contribution is -0.176. The van der Waals surface area contributed by atoms with Gasteiger partial charge in [-0.15, -0.1) is 0 Å². The molecule has 3 saturated carbocycles. The van der Waals surface area contributed by atoms with Crippen molar-refractivity contribution in [3.63, 3.8) is 0 Å². The minimum absolute atomic E-state index is 0.00218. The highest BCUT2D eigenvalue weighted by Gasteiger charge is 2.62. The molecular weight excluding hydrogens is 344 g/mol. The maximum absolute atomic E-state index is 13.2. The topological polar surface area (TPSA) is 67.9 Å². The Bertz CT molecular complexity index is 790. The first kappa shape index (κ1) is 17.0. The number of amides is 2. The average Bonchev–Trinajstić information content (AvgIpc) is 2.68. The van der Waals surface area contributed by atoms with E-state index < -0.39 is 5.72 Å². The van der Waals surface area contributed by atoms with E-state index in [-0.39, 0.29) is 29.1 Å². The van der Waals surface area contributed by atoms with Crippen LogP contribution in [0.5, 0.6) is 5.75 Å². The van der Waals surface area contributed by atoms with Gasteiger partial charge >= 0.3 is 0 Å². The number of hydrogen-bond donors (Lipinski definition) is 1. The Hall–Kier alpha value is -2.08. The van der Waals surface area contributed by atoms with Gasteiger partial charge in [-0.3, -0.25) is 9.59 Å². The molecule has 2 aliphatic heterocycles. The molecule has 1 aromatic carbocycles. The van der Waals surface area contributed by atoms with Crippen molar-refractivity contribution in [3.8, 4) is 5.75 Å². The number of rotatable bonds is 1. The molecule has 6 heteroatoms. The molecule has 144 valence electrons. The van der Waals surface area contributed by atoms with Crippen LogP contribution < -0.4 is 10.1 Å². The third-order valence-corrected chi connectivity index (χ3v) is 7.12. The van der Waals surface area contributed by atoms with E-state index in [1.807, 2.05) is 23.1 Å². The number of carbonyl (C=O) groups is 2. The highest BCUT2D eigenvalue weighted by Crippen LogP contribution is 2.59. The quantitative estimate of drug-likeness (QED) is 0.823. The third-order valence-electron chi connectivity index (χ3n) is 7.12. The van der Waals surface area contributed by atoms with Gasteiger partial charge in [0, 0.05) is 31.3 Å². The highest BCUT2D eigenvalue weighted by atomic mass is 16.5. The number of morpholine rings is 1. The Kier molecular flexibility index (Phi) is 3.76. The highest BCUT2D eigenvalue weighted by molar-refractivity contribution is 5.98. The monoisotopic (exact) mass is 370 g/mol. The molecule has 2 heterocycles. The second kappa shape index (κ2) is 5.96. The van der Waals surface area contributed by atoms with Crippen LogP contribution in [0.3, 0.4) is 0 Å². The first-order valence-corrected chi connectivity index (χ1v) is 9.98. The molecule has 1 N–H and O–H groups in total. The van der Waals surface area contributed by atoms with E-state index in [1.54, 1.807) is 6.07 Å². The molecule has 0 radical (unpaired) electrons. The Morgan fingerprint density at radius 3 is 2.81 bits per heavy atom. The maximum atomic E-state index is 13.2. The standard InChI is InChI=1S/C21H26N2O4/c1-20-7-6-14(12-16(20)19(25)23-8-10-26-11-9-23)21(13-20)22-18(24)15-4-2-3-5-17(15)27-21/h2-5,14,16H,6-13H2,1H3,(H,22,24)/t14-,16+,20-,21-/m0/s1. The minimum atomic E-state index is -0.680. The molecule has 27 heavy (non-hydrogen) atoms. The second-order valence-electron chi connectivity index (χ2n) is 8.73. The zero-order valence-electron chi connectivity index (χ0n) is 15.7. The largest absolute Gasteiger partial charge is 0.467 e. The summed E-state index contributed by atoms with van der Waals surface area (Å²) in [5.41, 5.74) is -0.250. The van der Waals surface area contributed by atoms with E-state index in [0.717, 1.165) is 19.3 Å². The van der Waals surface area contributed by atoms with Crippen molar-refractivity contribution in [1.82, 2.24) is 10.2 Å². The first-order valence-electron chi connectivity index (χ1n) is 9.98. The van der Waals surface area contributed by atoms with Crippen molar-refractivity contribution in [2.75, 3.05) is 26.3 Å². The molecule has 6 rings (SSSR count). The van der Waals surface area contributed by atoms with Gasteiger partial charge in [0.25, 0.3) is 5.91 Å². The molecular formula is C21H26N2O4. The fourth-order valence-electron chi connectivity index (χ4n) is 5.64. The van der Waals surface area contributed by atoms with E-state index in [1.165, 1.54) is 0 Å². The number of nitrogens with one attached hydrogen (secondary N) is 1. The Morgan fingerprint density at radius 1 is 1.26 bits per heavy atom. The lowest BCUT2D eigenvalue weighted by atomic mass is 9.52. The van der Waals surface area contributed by atoms with Crippen LogP contribution in [-0.4, -0.2) is 48.7 Å². The van der Waals surface area contributed by atoms with Crippen LogP contribution in [0.2, 0.25) is 0 Å². The summed E-state index contributed by atoms with van der Waals surface area (Å²) in [6, 6.07) is 7.42. The number of benzene rings is 1. The van der Waals surface area contributed by atoms with Crippen LogP contribution in [0.4, 0.5) is 0 Å². The predicted octanol–water partition coefficient (Wildman–Crippen LogP) is 2.19. The summed E-state index contributed by atoms with van der Waals surface area (Å²) in [5, 5.41) is 3.18. The van der Waals surface area contributed by atoms with Gasteiger partial charge in [-0.25, -0.2) is 0 Å². The van der Waals surface area contributed by atoms with Crippen LogP contribution in [0.15, 0.2) is 24.3 Å². The van der Waals surface area contributed by atoms with Gasteiger partial charge in [-0.2, -0.15) is 0 Å². The van der Waals surface area contributed by atoms with E-state index in [9.17, 15) is 9.59 Å². The Morgan fingerprint density at radius 2 is 2.04 bits per heavy atom. The van der Waals surface area contributed by atoms with Crippen LogP contribution in [-0.2, 0) is 9.53 Å². The van der Waals surface area contributed by atoms with Crippen molar-refractivity contribution >= 4 is 11.8 Å². The number of carbonyl (C=O) groups excluding carboxylic acids is 2. The Balaban J connectivity index is 1.43. The molecule has 0 unspecified atom stereocenters. The molecule has 1 saturated heterocycles. The number of hydrogen-bond acceptors (Lipinski definition) is 4. The number of ether oxygens (including phenoxy) is 2. The number of para-hydroxylation sites is 1. The predicted molar refractivity (Wildman–Crippen MR) is 98.2 cm³/mol. The van der Waals surface area contributed by atoms with E-state index in [2.05, 4.69) is 12.2 Å². The SMILES string of the molecule is C[C@@]12CC[C@@H](C[C@@H]1C(=O)N1CCOCC1)[C@@]1(C2)NC(=O)c2ccccc2O1. The minimum Gasteiger partial charge on any atom is -0.467 e. The van der Waals surface area contributed by atoms with Gasteiger partial charge in [0.05, 0.1) is 18.8 Å². The van der Waals surface area contributed by atoms with Crippen LogP contribution >= 0.6 is 0 Å². The first-order chi connectivity index (χ1) is 13.0. The second-order valence-corrected chi connectivity index (χ2v) is 8.73. The summed E-state index contributed by atoms with van der Waals surface area (Å²) in [4.78, 5) is 27.9. The lowest BCUT2D eigenvalue weighted by Crippen LogP contribution is -2.69. The number of fused-ring (bicyclic) bond motifs is 3. The molecule has 4 fully saturated rings. The summed E-state index contributed by atoms with van der Waals surface area (Å²) >= 11 is 0. The van der Waals surface area contributed by atoms with Crippen LogP contribution in [0.1, 0.15) is 43.0 Å². The van der Waals surface area contributed by atoms with E-state index in [0.29, 0.717) is 44.0 Å². The molecule has 0 aromatic heterocycles. The zero-order valence-corrected chi connectivity index (χ0v) is 15.7. The van der Waals surface area contributed by atoms with Crippen molar-refractivity contribution < 1.29 is 19.1 Å². The average molecular weight is 370 g/mol. The van der Waals surface area contributed by atoms with E-state index in [4.69, 9.17) is 9.47 Å². The van der Waals surface area contributed by atoms with Crippen molar-refractivity contribution in [2.24, 2.45) is 17.3 Å². The van der Waals surface area contributed by atoms with Crippen molar-refractivity contribution in [3.05, 3.63) is 29.8 Å². The smallest absolute Gasteiger partial charge is 0.258 e. The van der Waals surface area contributed by atoms with Crippen LogP contribution in [0.25, 0.3) is 0 Å². The lowest BCUT2D eigenvalue weighted by Gasteiger charge is -2.60. The van der Waals surface area contributed by atoms with E-state index >= 15 is 0 Å². The molecule has 1 spiro atoms. The summed E-state index contributed by atoms with van der Waals surface area (Å²) < 4.78 is 11.8. The number of nitrogens with zero attached hydrogens (tertiary/aromatic N) is 1. The summed E-state index contributed by atoms with van der Waals surface area (Å²) in [5.74, 6) is 1.00. The molecule has 6 nitrogen and oxygen atoms in total. The third kappa shape index (κ3) is 2.57.